The molecule has 2 aliphatic heterocycles. The minimum absolute atomic E-state index is 0.0184. The Morgan fingerprint density at radius 2 is 1.79 bits per heavy atom. The summed E-state index contributed by atoms with van der Waals surface area (Å²) in [6.45, 7) is 1.63. The van der Waals surface area contributed by atoms with E-state index >= 15 is 0 Å². The van der Waals surface area contributed by atoms with Crippen molar-refractivity contribution >= 4 is 17.8 Å². The zero-order valence-corrected chi connectivity index (χ0v) is 15.9. The third kappa shape index (κ3) is 4.13. The highest BCUT2D eigenvalue weighted by Crippen LogP contribution is 2.24. The molecule has 1 atom stereocenters. The topological polar surface area (TPSA) is 69.7 Å². The highest BCUT2D eigenvalue weighted by molar-refractivity contribution is 5.97. The molecule has 2 saturated heterocycles. The molecule has 4 rings (SSSR count). The van der Waals surface area contributed by atoms with Gasteiger partial charge in [-0.3, -0.25) is 14.5 Å². The molecule has 1 unspecified atom stereocenters. The lowest BCUT2D eigenvalue weighted by Gasteiger charge is -2.31. The molecule has 7 heteroatoms. The van der Waals surface area contributed by atoms with E-state index in [-0.39, 0.29) is 30.6 Å². The first-order valence-corrected chi connectivity index (χ1v) is 9.76. The normalized spacial score (nSPS) is 19.4. The van der Waals surface area contributed by atoms with Gasteiger partial charge < -0.3 is 10.2 Å². The molecular formula is C22H22FN3O3. The van der Waals surface area contributed by atoms with E-state index in [9.17, 15) is 18.8 Å². The predicted octanol–water partition coefficient (Wildman–Crippen LogP) is 3.24. The van der Waals surface area contributed by atoms with Gasteiger partial charge in [0.2, 0.25) is 5.91 Å². The first kappa shape index (κ1) is 19.1. The first-order valence-electron chi connectivity index (χ1n) is 9.76. The summed E-state index contributed by atoms with van der Waals surface area (Å²) in [5.74, 6) is -0.693. The number of benzene rings is 2. The highest BCUT2D eigenvalue weighted by Gasteiger charge is 2.33. The van der Waals surface area contributed by atoms with E-state index in [0.717, 1.165) is 36.4 Å². The number of likely N-dealkylation sites (tertiary alicyclic amines) is 1. The van der Waals surface area contributed by atoms with Crippen LogP contribution in [0.3, 0.4) is 0 Å². The Morgan fingerprint density at radius 3 is 2.48 bits per heavy atom. The van der Waals surface area contributed by atoms with Gasteiger partial charge in [0.05, 0.1) is 19.0 Å². The van der Waals surface area contributed by atoms with E-state index in [4.69, 9.17) is 0 Å². The molecule has 0 aliphatic carbocycles. The van der Waals surface area contributed by atoms with Crippen molar-refractivity contribution in [1.82, 2.24) is 15.1 Å². The summed E-state index contributed by atoms with van der Waals surface area (Å²) < 4.78 is 13.1. The summed E-state index contributed by atoms with van der Waals surface area (Å²) in [4.78, 5) is 40.7. The fourth-order valence-electron chi connectivity index (χ4n) is 3.82. The van der Waals surface area contributed by atoms with Gasteiger partial charge >= 0.3 is 6.03 Å². The third-order valence-corrected chi connectivity index (χ3v) is 5.40. The maximum absolute atomic E-state index is 13.1. The minimum Gasteiger partial charge on any atom is -0.339 e. The second kappa shape index (κ2) is 8.03. The monoisotopic (exact) mass is 395 g/mol. The van der Waals surface area contributed by atoms with Crippen LogP contribution >= 0.6 is 0 Å². The number of carbonyl (C=O) groups is 3. The van der Waals surface area contributed by atoms with Gasteiger partial charge in [-0.05, 0) is 48.2 Å². The summed E-state index contributed by atoms with van der Waals surface area (Å²) in [5, 5.41) is 2.80. The van der Waals surface area contributed by atoms with E-state index in [1.165, 1.54) is 12.1 Å². The number of hydrogen-bond acceptors (Lipinski definition) is 3. The van der Waals surface area contributed by atoms with Crippen LogP contribution in [0.25, 0.3) is 0 Å². The van der Waals surface area contributed by atoms with E-state index in [0.29, 0.717) is 11.1 Å². The number of hydrogen-bond donors (Lipinski definition) is 1. The Balaban J connectivity index is 1.45. The van der Waals surface area contributed by atoms with E-state index in [1.54, 1.807) is 36.4 Å². The Labute approximate surface area is 168 Å². The van der Waals surface area contributed by atoms with Crippen molar-refractivity contribution in [3.05, 3.63) is 71.0 Å². The molecular weight excluding hydrogens is 373 g/mol. The van der Waals surface area contributed by atoms with Crippen molar-refractivity contribution in [3.8, 4) is 0 Å². The lowest BCUT2D eigenvalue weighted by Crippen LogP contribution is -2.50. The molecule has 0 radical (unpaired) electrons. The molecule has 2 aliphatic rings. The SMILES string of the molecule is O=C(c1cccc(CN2C(=O)CC(c3ccc(F)cc3)NC2=O)c1)N1CCCC1. The van der Waals surface area contributed by atoms with Crippen LogP contribution < -0.4 is 5.32 Å². The van der Waals surface area contributed by atoms with Crippen LogP contribution in [0.2, 0.25) is 0 Å². The van der Waals surface area contributed by atoms with Gasteiger partial charge in [0, 0.05) is 18.7 Å². The van der Waals surface area contributed by atoms with Crippen LogP contribution in [0.1, 0.15) is 46.8 Å². The predicted molar refractivity (Wildman–Crippen MR) is 104 cm³/mol. The zero-order valence-electron chi connectivity index (χ0n) is 15.9. The molecule has 150 valence electrons. The van der Waals surface area contributed by atoms with Gasteiger partial charge in [0.1, 0.15) is 5.82 Å². The maximum Gasteiger partial charge on any atom is 0.324 e. The number of imide groups is 1. The molecule has 0 saturated carbocycles. The van der Waals surface area contributed by atoms with E-state index in [2.05, 4.69) is 5.32 Å². The average molecular weight is 395 g/mol. The fraction of sp³-hybridized carbons (Fsp3) is 0.318. The average Bonchev–Trinajstić information content (AvgIpc) is 3.26. The van der Waals surface area contributed by atoms with Crippen LogP contribution in [0, 0.1) is 5.82 Å². The van der Waals surface area contributed by atoms with Gasteiger partial charge in [-0.2, -0.15) is 0 Å². The van der Waals surface area contributed by atoms with Crippen molar-refractivity contribution in [3.63, 3.8) is 0 Å². The summed E-state index contributed by atoms with van der Waals surface area (Å²) in [6.07, 6.45) is 2.13. The molecule has 2 fully saturated rings. The maximum atomic E-state index is 13.1. The van der Waals surface area contributed by atoms with Crippen LogP contribution in [-0.4, -0.2) is 40.7 Å². The molecule has 2 heterocycles. The number of carbonyl (C=O) groups excluding carboxylic acids is 3. The van der Waals surface area contributed by atoms with Crippen LogP contribution in [-0.2, 0) is 11.3 Å². The second-order valence-electron chi connectivity index (χ2n) is 7.44. The number of amides is 4. The molecule has 1 N–H and O–H groups in total. The highest BCUT2D eigenvalue weighted by atomic mass is 19.1. The van der Waals surface area contributed by atoms with Crippen molar-refractivity contribution in [2.24, 2.45) is 0 Å². The Morgan fingerprint density at radius 1 is 1.07 bits per heavy atom. The summed E-state index contributed by atoms with van der Waals surface area (Å²) in [5.41, 5.74) is 1.98. The number of urea groups is 1. The molecule has 2 aromatic rings. The van der Waals surface area contributed by atoms with Crippen molar-refractivity contribution in [1.29, 1.82) is 0 Å². The Hall–Kier alpha value is -3.22. The standard InChI is InChI=1S/C22H22FN3O3/c23-18-8-6-16(7-9-18)19-13-20(27)26(22(29)24-19)14-15-4-3-5-17(12-15)21(28)25-10-1-2-11-25/h3-9,12,19H,1-2,10-11,13-14H2,(H,24,29). The van der Waals surface area contributed by atoms with E-state index < -0.39 is 12.1 Å². The summed E-state index contributed by atoms with van der Waals surface area (Å²) in [6, 6.07) is 11.8. The number of rotatable bonds is 4. The van der Waals surface area contributed by atoms with Crippen molar-refractivity contribution in [2.75, 3.05) is 13.1 Å². The number of nitrogens with one attached hydrogen (secondary N) is 1. The molecule has 6 nitrogen and oxygen atoms in total. The van der Waals surface area contributed by atoms with Gasteiger partial charge in [-0.25, -0.2) is 9.18 Å². The number of nitrogens with zero attached hydrogens (tertiary/aromatic N) is 2. The van der Waals surface area contributed by atoms with Crippen molar-refractivity contribution < 1.29 is 18.8 Å². The summed E-state index contributed by atoms with van der Waals surface area (Å²) in [7, 11) is 0. The smallest absolute Gasteiger partial charge is 0.324 e. The lowest BCUT2D eigenvalue weighted by atomic mass is 10.0. The molecule has 0 aromatic heterocycles. The molecule has 0 spiro atoms. The zero-order chi connectivity index (χ0) is 20.4. The van der Waals surface area contributed by atoms with Crippen LogP contribution in [0.4, 0.5) is 9.18 Å². The van der Waals surface area contributed by atoms with Crippen LogP contribution in [0.5, 0.6) is 0 Å². The van der Waals surface area contributed by atoms with Crippen molar-refractivity contribution in [2.45, 2.75) is 31.8 Å². The van der Waals surface area contributed by atoms with Gasteiger partial charge in [0.25, 0.3) is 5.91 Å². The molecule has 2 aromatic carbocycles. The van der Waals surface area contributed by atoms with Gasteiger partial charge in [-0.1, -0.05) is 24.3 Å². The van der Waals surface area contributed by atoms with Gasteiger partial charge in [0.15, 0.2) is 0 Å². The largest absolute Gasteiger partial charge is 0.339 e. The lowest BCUT2D eigenvalue weighted by molar-refractivity contribution is -0.130. The quantitative estimate of drug-likeness (QED) is 0.864. The first-order chi connectivity index (χ1) is 14.0. The molecule has 0 bridgehead atoms. The molecule has 4 amide bonds. The Kier molecular flexibility index (Phi) is 5.29. The third-order valence-electron chi connectivity index (χ3n) is 5.40. The van der Waals surface area contributed by atoms with Gasteiger partial charge in [-0.15, -0.1) is 0 Å². The summed E-state index contributed by atoms with van der Waals surface area (Å²) >= 11 is 0. The van der Waals surface area contributed by atoms with Crippen LogP contribution in [0.15, 0.2) is 48.5 Å². The second-order valence-corrected chi connectivity index (χ2v) is 7.44. The number of halogens is 1. The molecule has 29 heavy (non-hydrogen) atoms. The fourth-order valence-corrected chi connectivity index (χ4v) is 3.82. The minimum atomic E-state index is -0.494. The Bertz CT molecular complexity index is 921. The van der Waals surface area contributed by atoms with E-state index in [1.807, 2.05) is 4.90 Å².